The SMILES string of the molecule is CN1CC[C@@H](C(=O)NCc2cccc(CN3CCOCC3)c2)CC1=O. The normalized spacial score (nSPS) is 22.0. The first-order valence-electron chi connectivity index (χ1n) is 9.01. The van der Waals surface area contributed by atoms with E-state index in [1.54, 1.807) is 11.9 Å². The molecule has 1 atom stereocenters. The molecule has 3 rings (SSSR count). The second-order valence-corrected chi connectivity index (χ2v) is 6.93. The number of carbonyl (C=O) groups excluding carboxylic acids is 2. The fraction of sp³-hybridized carbons (Fsp3) is 0.579. The van der Waals surface area contributed by atoms with Gasteiger partial charge in [-0.05, 0) is 17.5 Å². The van der Waals surface area contributed by atoms with Gasteiger partial charge in [-0.1, -0.05) is 24.3 Å². The number of amides is 2. The summed E-state index contributed by atoms with van der Waals surface area (Å²) in [6.45, 7) is 5.60. The first-order chi connectivity index (χ1) is 12.1. The van der Waals surface area contributed by atoms with Crippen molar-refractivity contribution in [3.8, 4) is 0 Å². The molecule has 0 unspecified atom stereocenters. The van der Waals surface area contributed by atoms with E-state index in [-0.39, 0.29) is 17.7 Å². The van der Waals surface area contributed by atoms with Crippen molar-refractivity contribution in [3.63, 3.8) is 0 Å². The number of morpholine rings is 1. The number of piperidine rings is 1. The van der Waals surface area contributed by atoms with Crippen molar-refractivity contribution in [3.05, 3.63) is 35.4 Å². The lowest BCUT2D eigenvalue weighted by Gasteiger charge is -2.28. The molecule has 0 aliphatic carbocycles. The number of hydrogen-bond donors (Lipinski definition) is 1. The van der Waals surface area contributed by atoms with E-state index < -0.39 is 0 Å². The Labute approximate surface area is 149 Å². The van der Waals surface area contributed by atoms with Gasteiger partial charge in [0.2, 0.25) is 11.8 Å². The Morgan fingerprint density at radius 2 is 2.00 bits per heavy atom. The first-order valence-corrected chi connectivity index (χ1v) is 9.01. The van der Waals surface area contributed by atoms with Gasteiger partial charge in [-0.3, -0.25) is 14.5 Å². The maximum Gasteiger partial charge on any atom is 0.223 e. The fourth-order valence-electron chi connectivity index (χ4n) is 3.36. The van der Waals surface area contributed by atoms with Crippen molar-refractivity contribution in [2.24, 2.45) is 5.92 Å². The second-order valence-electron chi connectivity index (χ2n) is 6.93. The predicted octanol–water partition coefficient (Wildman–Crippen LogP) is 1.00. The van der Waals surface area contributed by atoms with E-state index in [1.165, 1.54) is 5.56 Å². The minimum absolute atomic E-state index is 0.0139. The second kappa shape index (κ2) is 8.45. The average Bonchev–Trinajstić information content (AvgIpc) is 2.63. The lowest BCUT2D eigenvalue weighted by Crippen LogP contribution is -2.41. The van der Waals surface area contributed by atoms with Crippen LogP contribution in [0.15, 0.2) is 24.3 Å². The Bertz CT molecular complexity index is 614. The third-order valence-electron chi connectivity index (χ3n) is 5.00. The molecule has 6 heteroatoms. The molecule has 1 aromatic rings. The average molecular weight is 345 g/mol. The Kier molecular flexibility index (Phi) is 6.04. The van der Waals surface area contributed by atoms with Gasteiger partial charge in [0.1, 0.15) is 0 Å². The summed E-state index contributed by atoms with van der Waals surface area (Å²) in [7, 11) is 1.79. The Morgan fingerprint density at radius 3 is 2.76 bits per heavy atom. The molecule has 1 aromatic carbocycles. The molecular weight excluding hydrogens is 318 g/mol. The zero-order valence-electron chi connectivity index (χ0n) is 14.9. The van der Waals surface area contributed by atoms with Gasteiger partial charge < -0.3 is 15.0 Å². The molecule has 0 spiro atoms. The van der Waals surface area contributed by atoms with E-state index in [0.29, 0.717) is 19.5 Å². The molecule has 2 saturated heterocycles. The third-order valence-corrected chi connectivity index (χ3v) is 5.00. The van der Waals surface area contributed by atoms with Crippen molar-refractivity contribution >= 4 is 11.8 Å². The molecule has 2 aliphatic rings. The largest absolute Gasteiger partial charge is 0.379 e. The Balaban J connectivity index is 1.50. The molecule has 0 aromatic heterocycles. The minimum Gasteiger partial charge on any atom is -0.379 e. The fourth-order valence-corrected chi connectivity index (χ4v) is 3.36. The lowest BCUT2D eigenvalue weighted by atomic mass is 9.95. The molecule has 1 N–H and O–H groups in total. The van der Waals surface area contributed by atoms with E-state index in [4.69, 9.17) is 4.74 Å². The first kappa shape index (κ1) is 17.9. The molecule has 0 saturated carbocycles. The predicted molar refractivity (Wildman–Crippen MR) is 94.7 cm³/mol. The van der Waals surface area contributed by atoms with E-state index in [2.05, 4.69) is 22.3 Å². The highest BCUT2D eigenvalue weighted by molar-refractivity contribution is 5.86. The number of nitrogens with one attached hydrogen (secondary N) is 1. The summed E-state index contributed by atoms with van der Waals surface area (Å²) in [6.07, 6.45) is 1.06. The smallest absolute Gasteiger partial charge is 0.223 e. The van der Waals surface area contributed by atoms with E-state index in [1.807, 2.05) is 12.1 Å². The summed E-state index contributed by atoms with van der Waals surface area (Å²) in [5.41, 5.74) is 2.35. The number of benzene rings is 1. The van der Waals surface area contributed by atoms with E-state index >= 15 is 0 Å². The van der Waals surface area contributed by atoms with Crippen LogP contribution in [-0.2, 0) is 27.4 Å². The van der Waals surface area contributed by atoms with Gasteiger partial charge in [0.25, 0.3) is 0 Å². The van der Waals surface area contributed by atoms with Gasteiger partial charge >= 0.3 is 0 Å². The zero-order valence-corrected chi connectivity index (χ0v) is 14.9. The Morgan fingerprint density at radius 1 is 1.24 bits per heavy atom. The standard InChI is InChI=1S/C19H27N3O3/c1-21-6-5-17(12-18(21)23)19(24)20-13-15-3-2-4-16(11-15)14-22-7-9-25-10-8-22/h2-4,11,17H,5-10,12-14H2,1H3,(H,20,24)/t17-/m1/s1. The van der Waals surface area contributed by atoms with Gasteiger partial charge in [0.05, 0.1) is 13.2 Å². The molecule has 2 aliphatic heterocycles. The van der Waals surface area contributed by atoms with Crippen LogP contribution in [0.2, 0.25) is 0 Å². The highest BCUT2D eigenvalue weighted by Gasteiger charge is 2.28. The van der Waals surface area contributed by atoms with Gasteiger partial charge in [0, 0.05) is 52.1 Å². The van der Waals surface area contributed by atoms with Crippen molar-refractivity contribution in [1.29, 1.82) is 0 Å². The van der Waals surface area contributed by atoms with Crippen molar-refractivity contribution in [1.82, 2.24) is 15.1 Å². The van der Waals surface area contributed by atoms with Crippen LogP contribution in [0, 0.1) is 5.92 Å². The lowest BCUT2D eigenvalue weighted by molar-refractivity contribution is -0.139. The van der Waals surface area contributed by atoms with Crippen molar-refractivity contribution in [2.45, 2.75) is 25.9 Å². The maximum absolute atomic E-state index is 12.3. The molecule has 0 bridgehead atoms. The number of hydrogen-bond acceptors (Lipinski definition) is 4. The minimum atomic E-state index is -0.194. The summed E-state index contributed by atoms with van der Waals surface area (Å²) >= 11 is 0. The molecule has 0 radical (unpaired) electrons. The highest BCUT2D eigenvalue weighted by Crippen LogP contribution is 2.17. The van der Waals surface area contributed by atoms with Gasteiger partial charge in [-0.15, -0.1) is 0 Å². The third kappa shape index (κ3) is 5.03. The van der Waals surface area contributed by atoms with E-state index in [9.17, 15) is 9.59 Å². The molecule has 2 fully saturated rings. The number of carbonyl (C=O) groups is 2. The van der Waals surface area contributed by atoms with Crippen LogP contribution in [0.4, 0.5) is 0 Å². The van der Waals surface area contributed by atoms with Crippen LogP contribution >= 0.6 is 0 Å². The molecule has 2 amide bonds. The summed E-state index contributed by atoms with van der Waals surface area (Å²) in [6, 6.07) is 8.34. The number of ether oxygens (including phenoxy) is 1. The van der Waals surface area contributed by atoms with Crippen LogP contribution in [0.25, 0.3) is 0 Å². The number of rotatable bonds is 5. The quantitative estimate of drug-likeness (QED) is 0.865. The number of nitrogens with zero attached hydrogens (tertiary/aromatic N) is 2. The molecule has 25 heavy (non-hydrogen) atoms. The van der Waals surface area contributed by atoms with Crippen LogP contribution in [-0.4, -0.2) is 61.5 Å². The van der Waals surface area contributed by atoms with Gasteiger partial charge in [0.15, 0.2) is 0 Å². The van der Waals surface area contributed by atoms with Gasteiger partial charge in [-0.2, -0.15) is 0 Å². The molecule has 136 valence electrons. The highest BCUT2D eigenvalue weighted by atomic mass is 16.5. The van der Waals surface area contributed by atoms with Gasteiger partial charge in [-0.25, -0.2) is 0 Å². The number of likely N-dealkylation sites (tertiary alicyclic amines) is 1. The van der Waals surface area contributed by atoms with Crippen LogP contribution in [0.1, 0.15) is 24.0 Å². The zero-order chi connectivity index (χ0) is 17.6. The van der Waals surface area contributed by atoms with Crippen molar-refractivity contribution < 1.29 is 14.3 Å². The van der Waals surface area contributed by atoms with E-state index in [0.717, 1.165) is 44.8 Å². The maximum atomic E-state index is 12.3. The molecule has 2 heterocycles. The van der Waals surface area contributed by atoms with Crippen molar-refractivity contribution in [2.75, 3.05) is 39.9 Å². The summed E-state index contributed by atoms with van der Waals surface area (Å²) in [4.78, 5) is 28.1. The topological polar surface area (TPSA) is 61.9 Å². The van der Waals surface area contributed by atoms with Crippen LogP contribution in [0.3, 0.4) is 0 Å². The molecule has 6 nitrogen and oxygen atoms in total. The summed E-state index contributed by atoms with van der Waals surface area (Å²) in [5.74, 6) is -0.154. The van der Waals surface area contributed by atoms with Crippen LogP contribution < -0.4 is 5.32 Å². The summed E-state index contributed by atoms with van der Waals surface area (Å²) < 4.78 is 5.38. The monoisotopic (exact) mass is 345 g/mol. The Hall–Kier alpha value is -1.92. The summed E-state index contributed by atoms with van der Waals surface area (Å²) in [5, 5.41) is 2.99. The molecular formula is C19H27N3O3. The van der Waals surface area contributed by atoms with Crippen LogP contribution in [0.5, 0.6) is 0 Å².